The van der Waals surface area contributed by atoms with Gasteiger partial charge >= 0.3 is 7.48 Å². The lowest BCUT2D eigenvalue weighted by atomic mass is 9.89. The number of benzene rings is 6. The maximum absolute atomic E-state index is 9.42. The van der Waals surface area contributed by atoms with Gasteiger partial charge in [-0.3, -0.25) is 0 Å². The molecule has 2 aromatic heterocycles. The van der Waals surface area contributed by atoms with Gasteiger partial charge in [0.1, 0.15) is 0 Å². The van der Waals surface area contributed by atoms with Crippen LogP contribution in [0.5, 0.6) is 0 Å². The van der Waals surface area contributed by atoms with E-state index in [1.54, 1.807) is 0 Å². The van der Waals surface area contributed by atoms with E-state index in [0.717, 1.165) is 35.4 Å². The molecule has 6 aromatic carbocycles. The Morgan fingerprint density at radius 1 is 0.450 bits per heavy atom. The van der Waals surface area contributed by atoms with Crippen LogP contribution >= 0.6 is 0 Å². The zero-order chi connectivity index (χ0) is 26.6. The maximum Gasteiger partial charge on any atom is 0.326 e. The molecule has 0 fully saturated rings. The highest BCUT2D eigenvalue weighted by Crippen LogP contribution is 2.40. The van der Waals surface area contributed by atoms with Crippen LogP contribution in [0.3, 0.4) is 0 Å². The van der Waals surface area contributed by atoms with Gasteiger partial charge in [-0.15, -0.1) is 0 Å². The molecule has 3 nitrogen and oxygen atoms in total. The fourth-order valence-electron chi connectivity index (χ4n) is 6.24. The molecule has 8 rings (SSSR count). The Kier molecular flexibility index (Phi) is 5.16. The molecule has 0 atom stereocenters. The molecule has 2 heterocycles. The molecule has 187 valence electrons. The first-order valence-electron chi connectivity index (χ1n) is 13.5. The molecule has 0 bridgehead atoms. The molecule has 1 radical (unpaired) electrons. The molecular formula is C36H24BN2O. The Morgan fingerprint density at radius 3 is 1.82 bits per heavy atom. The van der Waals surface area contributed by atoms with E-state index in [2.05, 4.69) is 137 Å². The van der Waals surface area contributed by atoms with Crippen LogP contribution in [0.15, 0.2) is 140 Å². The third-order valence-corrected chi connectivity index (χ3v) is 8.00. The minimum Gasteiger partial charge on any atom is -0.450 e. The fourth-order valence-corrected chi connectivity index (χ4v) is 6.24. The number of fused-ring (bicyclic) bond motifs is 6. The Balaban J connectivity index is 1.40. The molecule has 0 unspecified atom stereocenters. The van der Waals surface area contributed by atoms with Crippen molar-refractivity contribution in [1.29, 1.82) is 0 Å². The molecule has 0 aliphatic carbocycles. The van der Waals surface area contributed by atoms with Crippen LogP contribution in [-0.2, 0) is 0 Å². The minimum absolute atomic E-state index is 0.787. The van der Waals surface area contributed by atoms with Gasteiger partial charge in [-0.25, -0.2) is 0 Å². The number of hydrogen-bond acceptors (Lipinski definition) is 1. The lowest BCUT2D eigenvalue weighted by Crippen LogP contribution is -2.12. The third-order valence-electron chi connectivity index (χ3n) is 8.00. The van der Waals surface area contributed by atoms with E-state index in [1.807, 2.05) is 12.1 Å². The van der Waals surface area contributed by atoms with Gasteiger partial charge in [0.2, 0.25) is 0 Å². The summed E-state index contributed by atoms with van der Waals surface area (Å²) in [4.78, 5) is 0. The Hall–Kier alpha value is -5.06. The summed E-state index contributed by atoms with van der Waals surface area (Å²) in [5, 5.41) is 14.4. The Morgan fingerprint density at radius 2 is 1.05 bits per heavy atom. The SMILES string of the molecule is O[B]c1ccc(-n2c3ccccc3c3cc(-c4cccc5c4c4ccccc4n5-c4ccccc4)ccc32)cc1. The highest BCUT2D eigenvalue weighted by Gasteiger charge is 2.18. The summed E-state index contributed by atoms with van der Waals surface area (Å²) in [6.45, 7) is 0. The molecule has 0 aliphatic rings. The topological polar surface area (TPSA) is 30.1 Å². The van der Waals surface area contributed by atoms with Gasteiger partial charge in [0.25, 0.3) is 0 Å². The molecule has 0 saturated carbocycles. The first-order chi connectivity index (χ1) is 19.8. The molecule has 40 heavy (non-hydrogen) atoms. The second kappa shape index (κ2) is 9.01. The number of nitrogens with zero attached hydrogens (tertiary/aromatic N) is 2. The smallest absolute Gasteiger partial charge is 0.326 e. The normalized spacial score (nSPS) is 11.6. The quantitative estimate of drug-likeness (QED) is 0.240. The fraction of sp³-hybridized carbons (Fsp3) is 0. The van der Waals surface area contributed by atoms with Crippen LogP contribution in [0.25, 0.3) is 66.1 Å². The van der Waals surface area contributed by atoms with Crippen molar-refractivity contribution in [1.82, 2.24) is 9.13 Å². The summed E-state index contributed by atoms with van der Waals surface area (Å²) in [5.41, 5.74) is 10.2. The van der Waals surface area contributed by atoms with E-state index in [1.165, 1.54) is 43.7 Å². The van der Waals surface area contributed by atoms with Crippen molar-refractivity contribution in [3.8, 4) is 22.5 Å². The van der Waals surface area contributed by atoms with Gasteiger partial charge < -0.3 is 14.2 Å². The summed E-state index contributed by atoms with van der Waals surface area (Å²) in [6, 6.07) is 49.3. The maximum atomic E-state index is 9.42. The summed E-state index contributed by atoms with van der Waals surface area (Å²) < 4.78 is 4.67. The zero-order valence-corrected chi connectivity index (χ0v) is 21.7. The molecule has 4 heteroatoms. The largest absolute Gasteiger partial charge is 0.450 e. The summed E-state index contributed by atoms with van der Waals surface area (Å²) in [7, 11) is 1.14. The second-order valence-electron chi connectivity index (χ2n) is 10.2. The van der Waals surface area contributed by atoms with E-state index in [4.69, 9.17) is 0 Å². The van der Waals surface area contributed by atoms with Crippen LogP contribution in [0.4, 0.5) is 0 Å². The van der Waals surface area contributed by atoms with Crippen LogP contribution in [0.2, 0.25) is 0 Å². The highest BCUT2D eigenvalue weighted by molar-refractivity contribution is 6.45. The van der Waals surface area contributed by atoms with Gasteiger partial charge in [-0.1, -0.05) is 90.4 Å². The van der Waals surface area contributed by atoms with Crippen molar-refractivity contribution in [3.63, 3.8) is 0 Å². The number of hydrogen-bond donors (Lipinski definition) is 1. The van der Waals surface area contributed by atoms with Crippen molar-refractivity contribution in [2.45, 2.75) is 0 Å². The molecule has 0 aliphatic heterocycles. The number of para-hydroxylation sites is 3. The molecule has 0 amide bonds. The Labute approximate surface area is 232 Å². The average Bonchev–Trinajstić information content (AvgIpc) is 3.54. The van der Waals surface area contributed by atoms with E-state index in [0.29, 0.717) is 0 Å². The summed E-state index contributed by atoms with van der Waals surface area (Å²) in [5.74, 6) is 0. The van der Waals surface area contributed by atoms with E-state index < -0.39 is 0 Å². The van der Waals surface area contributed by atoms with Gasteiger partial charge in [0.15, 0.2) is 0 Å². The average molecular weight is 511 g/mol. The lowest BCUT2D eigenvalue weighted by molar-refractivity contribution is 0.615. The highest BCUT2D eigenvalue weighted by atomic mass is 16.2. The van der Waals surface area contributed by atoms with Gasteiger partial charge in [-0.05, 0) is 65.7 Å². The van der Waals surface area contributed by atoms with Crippen molar-refractivity contribution in [2.24, 2.45) is 0 Å². The molecule has 0 spiro atoms. The van der Waals surface area contributed by atoms with Gasteiger partial charge in [0, 0.05) is 32.9 Å². The van der Waals surface area contributed by atoms with Crippen LogP contribution in [0, 0.1) is 0 Å². The number of aromatic nitrogens is 2. The molecule has 0 saturated heterocycles. The zero-order valence-electron chi connectivity index (χ0n) is 21.7. The minimum atomic E-state index is 0.787. The van der Waals surface area contributed by atoms with Crippen LogP contribution < -0.4 is 5.46 Å². The molecule has 1 N–H and O–H groups in total. The number of rotatable bonds is 4. The third kappa shape index (κ3) is 3.37. The monoisotopic (exact) mass is 511 g/mol. The predicted molar refractivity (Wildman–Crippen MR) is 168 cm³/mol. The van der Waals surface area contributed by atoms with Crippen molar-refractivity contribution in [2.75, 3.05) is 0 Å². The van der Waals surface area contributed by atoms with Crippen molar-refractivity contribution in [3.05, 3.63) is 140 Å². The van der Waals surface area contributed by atoms with Crippen LogP contribution in [-0.4, -0.2) is 21.6 Å². The Bertz CT molecular complexity index is 2190. The lowest BCUT2D eigenvalue weighted by Gasteiger charge is -2.10. The van der Waals surface area contributed by atoms with E-state index >= 15 is 0 Å². The van der Waals surface area contributed by atoms with Gasteiger partial charge in [0.05, 0.1) is 22.1 Å². The summed E-state index contributed by atoms with van der Waals surface area (Å²) in [6.07, 6.45) is 0. The first-order valence-corrected chi connectivity index (χ1v) is 13.5. The predicted octanol–water partition coefficient (Wildman–Crippen LogP) is 7.78. The van der Waals surface area contributed by atoms with E-state index in [-0.39, 0.29) is 0 Å². The van der Waals surface area contributed by atoms with E-state index in [9.17, 15) is 5.02 Å². The van der Waals surface area contributed by atoms with Gasteiger partial charge in [-0.2, -0.15) is 0 Å². The second-order valence-corrected chi connectivity index (χ2v) is 10.2. The first kappa shape index (κ1) is 22.9. The summed E-state index contributed by atoms with van der Waals surface area (Å²) >= 11 is 0. The van der Waals surface area contributed by atoms with Crippen molar-refractivity contribution < 1.29 is 5.02 Å². The molecule has 8 aromatic rings. The molecular weight excluding hydrogens is 487 g/mol. The van der Waals surface area contributed by atoms with Crippen LogP contribution in [0.1, 0.15) is 0 Å². The standard InChI is InChI=1S/C36H24BN2O/c40-37-25-18-20-27(21-19-25)38-32-14-6-4-11-29(32)31-23-24(17-22-34(31)38)28-13-8-16-35-36(28)30-12-5-7-15-33(30)39(35)26-9-2-1-3-10-26/h1-23,40H. The van der Waals surface area contributed by atoms with Crippen molar-refractivity contribution >= 4 is 56.6 Å².